The van der Waals surface area contributed by atoms with Gasteiger partial charge in [-0.15, -0.1) is 0 Å². The number of hydrogen-bond acceptors (Lipinski definition) is 3. The van der Waals surface area contributed by atoms with E-state index in [0.29, 0.717) is 22.9 Å². The molecule has 2 aromatic carbocycles. The summed E-state index contributed by atoms with van der Waals surface area (Å²) in [5.41, 5.74) is 2.35. The largest absolute Gasteiger partial charge is 0.350 e. The predicted molar refractivity (Wildman–Crippen MR) is 131 cm³/mol. The summed E-state index contributed by atoms with van der Waals surface area (Å²) in [6.45, 7) is 10.5. The van der Waals surface area contributed by atoms with Crippen molar-refractivity contribution in [1.29, 1.82) is 0 Å². The summed E-state index contributed by atoms with van der Waals surface area (Å²) >= 11 is 6.18. The minimum absolute atomic E-state index is 0.225. The molecule has 0 bridgehead atoms. The average molecular weight is 465 g/mol. The molecule has 1 aliphatic heterocycles. The van der Waals surface area contributed by atoms with Crippen molar-refractivity contribution >= 4 is 29.1 Å². The number of rotatable bonds is 4. The number of benzene rings is 2. The second kappa shape index (κ2) is 8.34. The van der Waals surface area contributed by atoms with Crippen molar-refractivity contribution in [3.05, 3.63) is 82.1 Å². The number of aryl methyl sites for hydroxylation is 1. The zero-order valence-corrected chi connectivity index (χ0v) is 20.4. The van der Waals surface area contributed by atoms with Crippen LogP contribution in [-0.4, -0.2) is 27.1 Å². The first-order valence-corrected chi connectivity index (χ1v) is 11.4. The van der Waals surface area contributed by atoms with Gasteiger partial charge in [-0.1, -0.05) is 62.7 Å². The minimum atomic E-state index is -1.18. The Morgan fingerprint density at radius 2 is 1.85 bits per heavy atom. The van der Waals surface area contributed by atoms with Gasteiger partial charge in [0.25, 0.3) is 5.91 Å². The molecular weight excluding hydrogens is 436 g/mol. The van der Waals surface area contributed by atoms with Crippen LogP contribution in [0.15, 0.2) is 54.6 Å². The van der Waals surface area contributed by atoms with Crippen LogP contribution >= 0.6 is 11.6 Å². The van der Waals surface area contributed by atoms with Crippen LogP contribution in [0.1, 0.15) is 55.0 Å². The highest BCUT2D eigenvalue weighted by Crippen LogP contribution is 2.36. The van der Waals surface area contributed by atoms with Gasteiger partial charge >= 0.3 is 0 Å². The predicted octanol–water partition coefficient (Wildman–Crippen LogP) is 4.88. The van der Waals surface area contributed by atoms with Gasteiger partial charge in [-0.05, 0) is 49.2 Å². The van der Waals surface area contributed by atoms with Crippen molar-refractivity contribution in [2.45, 2.75) is 58.7 Å². The number of hydrogen-bond donors (Lipinski definition) is 1. The molecule has 6 nitrogen and oxygen atoms in total. The lowest BCUT2D eigenvalue weighted by atomic mass is 9.91. The van der Waals surface area contributed by atoms with Crippen LogP contribution < -0.4 is 10.2 Å². The van der Waals surface area contributed by atoms with Crippen LogP contribution in [0.25, 0.3) is 0 Å². The van der Waals surface area contributed by atoms with Gasteiger partial charge in [-0.25, -0.2) is 0 Å². The van der Waals surface area contributed by atoms with Crippen molar-refractivity contribution in [3.63, 3.8) is 0 Å². The van der Waals surface area contributed by atoms with E-state index in [4.69, 9.17) is 16.7 Å². The normalized spacial score (nSPS) is 18.2. The second-order valence-corrected chi connectivity index (χ2v) is 10.3. The molecule has 7 heteroatoms. The lowest BCUT2D eigenvalue weighted by Crippen LogP contribution is -2.64. The summed E-state index contributed by atoms with van der Waals surface area (Å²) < 4.78 is 1.67. The van der Waals surface area contributed by atoms with E-state index in [1.165, 1.54) is 0 Å². The summed E-state index contributed by atoms with van der Waals surface area (Å²) in [5, 5.41) is 8.31. The topological polar surface area (TPSA) is 67.2 Å². The van der Waals surface area contributed by atoms with Crippen molar-refractivity contribution < 1.29 is 9.59 Å². The number of carbonyl (C=O) groups is 2. The third-order valence-electron chi connectivity index (χ3n) is 6.11. The lowest BCUT2D eigenvalue weighted by molar-refractivity contribution is -0.126. The van der Waals surface area contributed by atoms with Gasteiger partial charge < -0.3 is 5.32 Å². The van der Waals surface area contributed by atoms with E-state index in [1.54, 1.807) is 34.7 Å². The third-order valence-corrected chi connectivity index (χ3v) is 6.34. The molecule has 4 rings (SSSR count). The van der Waals surface area contributed by atoms with Crippen molar-refractivity contribution in [2.75, 3.05) is 4.90 Å². The zero-order chi connectivity index (χ0) is 24.0. The standard InChI is InChI=1S/C26H29ClN4O2/c1-17-13-19(27)11-12-20(17)31-23(32)21-14-22(25(2,3)4)29-30(21)16-26(31,5)24(33)28-15-18-9-7-6-8-10-18/h6-14H,15-16H2,1-5H3,(H,28,33)/t26-/m1/s1. The molecule has 3 aromatic rings. The van der Waals surface area contributed by atoms with Crippen molar-refractivity contribution in [3.8, 4) is 0 Å². The molecule has 0 radical (unpaired) electrons. The summed E-state index contributed by atoms with van der Waals surface area (Å²) in [6.07, 6.45) is 0. The van der Waals surface area contributed by atoms with Crippen molar-refractivity contribution in [2.24, 2.45) is 0 Å². The van der Waals surface area contributed by atoms with Crippen LogP contribution in [0.5, 0.6) is 0 Å². The molecule has 172 valence electrons. The van der Waals surface area contributed by atoms with E-state index in [9.17, 15) is 9.59 Å². The highest BCUT2D eigenvalue weighted by molar-refractivity contribution is 6.30. The Labute approximate surface area is 199 Å². The summed E-state index contributed by atoms with van der Waals surface area (Å²) in [7, 11) is 0. The number of nitrogens with one attached hydrogen (secondary N) is 1. The number of amides is 2. The number of halogens is 1. The van der Waals surface area contributed by atoms with Crippen LogP contribution in [0.4, 0.5) is 5.69 Å². The van der Waals surface area contributed by atoms with Gasteiger partial charge in [0.15, 0.2) is 0 Å². The molecule has 1 aliphatic rings. The number of aromatic nitrogens is 2. The molecule has 0 unspecified atom stereocenters. The van der Waals surface area contributed by atoms with Gasteiger partial charge in [0.05, 0.1) is 12.2 Å². The van der Waals surface area contributed by atoms with Gasteiger partial charge in [0.1, 0.15) is 11.2 Å². The summed E-state index contributed by atoms with van der Waals surface area (Å²) in [6, 6.07) is 16.9. The summed E-state index contributed by atoms with van der Waals surface area (Å²) in [4.78, 5) is 29.1. The molecule has 2 heterocycles. The minimum Gasteiger partial charge on any atom is -0.350 e. The van der Waals surface area contributed by atoms with Crippen LogP contribution in [-0.2, 0) is 23.3 Å². The molecule has 0 saturated heterocycles. The average Bonchev–Trinajstić information content (AvgIpc) is 3.19. The van der Waals surface area contributed by atoms with Gasteiger partial charge in [0.2, 0.25) is 5.91 Å². The smallest absolute Gasteiger partial charge is 0.277 e. The monoisotopic (exact) mass is 464 g/mol. The fourth-order valence-electron chi connectivity index (χ4n) is 4.16. The Morgan fingerprint density at radius 3 is 2.48 bits per heavy atom. The molecule has 0 fully saturated rings. The molecule has 2 amide bonds. The van der Waals surface area contributed by atoms with Crippen molar-refractivity contribution in [1.82, 2.24) is 15.1 Å². The molecule has 1 atom stereocenters. The fraction of sp³-hybridized carbons (Fsp3) is 0.346. The Morgan fingerprint density at radius 1 is 1.15 bits per heavy atom. The highest BCUT2D eigenvalue weighted by atomic mass is 35.5. The number of carbonyl (C=O) groups excluding carboxylic acids is 2. The molecule has 1 N–H and O–H groups in total. The number of fused-ring (bicyclic) bond motifs is 1. The quantitative estimate of drug-likeness (QED) is 0.598. The zero-order valence-electron chi connectivity index (χ0n) is 19.6. The van der Waals surface area contributed by atoms with Crippen LogP contribution in [0, 0.1) is 6.92 Å². The maximum Gasteiger partial charge on any atom is 0.277 e. The first-order valence-electron chi connectivity index (χ1n) is 11.0. The maximum absolute atomic E-state index is 13.8. The first kappa shape index (κ1) is 23.1. The number of anilines is 1. The first-order chi connectivity index (χ1) is 15.5. The summed E-state index contributed by atoms with van der Waals surface area (Å²) in [5.74, 6) is -0.500. The van der Waals surface area contributed by atoms with Gasteiger partial charge in [-0.2, -0.15) is 5.10 Å². The molecule has 1 aromatic heterocycles. The Hall–Kier alpha value is -3.12. The van der Waals surface area contributed by atoms with E-state index < -0.39 is 5.54 Å². The van der Waals surface area contributed by atoms with Crippen LogP contribution in [0.2, 0.25) is 5.02 Å². The van der Waals surface area contributed by atoms with Gasteiger partial charge in [-0.3, -0.25) is 19.2 Å². The van der Waals surface area contributed by atoms with Crippen LogP contribution in [0.3, 0.4) is 0 Å². The number of nitrogens with zero attached hydrogens (tertiary/aromatic N) is 3. The third kappa shape index (κ3) is 4.27. The van der Waals surface area contributed by atoms with E-state index >= 15 is 0 Å². The highest BCUT2D eigenvalue weighted by Gasteiger charge is 2.49. The van der Waals surface area contributed by atoms with E-state index in [1.807, 2.05) is 43.3 Å². The molecule has 0 saturated carbocycles. The Balaban J connectivity index is 1.78. The Bertz CT molecular complexity index is 1210. The van der Waals surface area contributed by atoms with E-state index in [-0.39, 0.29) is 23.8 Å². The van der Waals surface area contributed by atoms with E-state index in [2.05, 4.69) is 26.1 Å². The molecule has 0 spiro atoms. The fourth-order valence-corrected chi connectivity index (χ4v) is 4.39. The Kier molecular flexibility index (Phi) is 5.83. The SMILES string of the molecule is Cc1cc(Cl)ccc1N1C(=O)c2cc(C(C)(C)C)nn2C[C@]1(C)C(=O)NCc1ccccc1. The molecular formula is C26H29ClN4O2. The van der Waals surface area contributed by atoms with Gasteiger partial charge in [0, 0.05) is 22.7 Å². The molecule has 0 aliphatic carbocycles. The lowest BCUT2D eigenvalue weighted by Gasteiger charge is -2.43. The second-order valence-electron chi connectivity index (χ2n) is 9.84. The maximum atomic E-state index is 13.8. The van der Waals surface area contributed by atoms with E-state index in [0.717, 1.165) is 16.8 Å². The molecule has 33 heavy (non-hydrogen) atoms.